The first-order valence-electron chi connectivity index (χ1n) is 8.86. The molecule has 0 aliphatic rings. The van der Waals surface area contributed by atoms with E-state index in [-0.39, 0.29) is 17.2 Å². The van der Waals surface area contributed by atoms with Crippen LogP contribution < -0.4 is 4.90 Å². The summed E-state index contributed by atoms with van der Waals surface area (Å²) in [7, 11) is 0. The SMILES string of the molecule is Cc1ccc(C)c(C(=O)N(Cc2cccnc2)c2nc3c(F)cccc3s2)c1. The standard InChI is InChI=1S/C22H18FN3OS/c1-14-8-9-15(2)17(11-14)21(27)26(13-16-5-4-10-24-12-16)22-25-20-18(23)6-3-7-19(20)28-22/h3-12H,13H2,1-2H3. The van der Waals surface area contributed by atoms with Crippen molar-refractivity contribution in [1.29, 1.82) is 0 Å². The lowest BCUT2D eigenvalue weighted by molar-refractivity contribution is 0.0984. The smallest absolute Gasteiger partial charge is 0.260 e. The first kappa shape index (κ1) is 18.3. The second-order valence-corrected chi connectivity index (χ2v) is 7.66. The lowest BCUT2D eigenvalue weighted by Gasteiger charge is -2.21. The molecule has 0 N–H and O–H groups in total. The Balaban J connectivity index is 1.82. The fraction of sp³-hybridized carbons (Fsp3) is 0.136. The molecular formula is C22H18FN3OS. The summed E-state index contributed by atoms with van der Waals surface area (Å²) in [4.78, 5) is 23.6. The lowest BCUT2D eigenvalue weighted by atomic mass is 10.0. The van der Waals surface area contributed by atoms with Crippen LogP contribution in [0.2, 0.25) is 0 Å². The maximum Gasteiger partial charge on any atom is 0.260 e. The van der Waals surface area contributed by atoms with E-state index in [1.165, 1.54) is 17.4 Å². The monoisotopic (exact) mass is 391 g/mol. The zero-order valence-corrected chi connectivity index (χ0v) is 16.3. The van der Waals surface area contributed by atoms with Crippen LogP contribution in [-0.4, -0.2) is 15.9 Å². The number of hydrogen-bond donors (Lipinski definition) is 0. The summed E-state index contributed by atoms with van der Waals surface area (Å²) in [6, 6.07) is 14.4. The molecule has 0 unspecified atom stereocenters. The van der Waals surface area contributed by atoms with E-state index in [2.05, 4.69) is 9.97 Å². The van der Waals surface area contributed by atoms with Crippen LogP contribution in [0.1, 0.15) is 27.0 Å². The summed E-state index contributed by atoms with van der Waals surface area (Å²) in [5.41, 5.74) is 3.67. The van der Waals surface area contributed by atoms with Crippen LogP contribution in [0.4, 0.5) is 9.52 Å². The number of halogens is 1. The number of carbonyl (C=O) groups is 1. The number of hydrogen-bond acceptors (Lipinski definition) is 4. The third-order valence-corrected chi connectivity index (χ3v) is 5.57. The number of nitrogens with zero attached hydrogens (tertiary/aromatic N) is 3. The molecule has 0 saturated heterocycles. The first-order valence-corrected chi connectivity index (χ1v) is 9.67. The minimum Gasteiger partial charge on any atom is -0.279 e. The minimum absolute atomic E-state index is 0.162. The Labute approximate surface area is 166 Å². The van der Waals surface area contributed by atoms with Gasteiger partial charge in [-0.1, -0.05) is 41.2 Å². The average Bonchev–Trinajstić information content (AvgIpc) is 3.14. The Morgan fingerprint density at radius 3 is 2.75 bits per heavy atom. The second kappa shape index (κ2) is 7.48. The summed E-state index contributed by atoms with van der Waals surface area (Å²) in [5, 5.41) is 0.467. The van der Waals surface area contributed by atoms with Crippen molar-refractivity contribution in [2.75, 3.05) is 4.90 Å². The fourth-order valence-corrected chi connectivity index (χ4v) is 4.01. The third kappa shape index (κ3) is 3.51. The Hall–Kier alpha value is -3.12. The van der Waals surface area contributed by atoms with Gasteiger partial charge in [-0.3, -0.25) is 14.7 Å². The zero-order chi connectivity index (χ0) is 19.7. The minimum atomic E-state index is -0.388. The van der Waals surface area contributed by atoms with Gasteiger partial charge in [0.1, 0.15) is 11.3 Å². The van der Waals surface area contributed by atoms with Crippen LogP contribution in [0.5, 0.6) is 0 Å². The highest BCUT2D eigenvalue weighted by molar-refractivity contribution is 7.22. The number of aromatic nitrogens is 2. The normalized spacial score (nSPS) is 11.0. The van der Waals surface area contributed by atoms with E-state index in [4.69, 9.17) is 0 Å². The number of rotatable bonds is 4. The number of thiazole rings is 1. The highest BCUT2D eigenvalue weighted by atomic mass is 32.1. The molecule has 6 heteroatoms. The molecule has 0 radical (unpaired) electrons. The molecule has 140 valence electrons. The number of aryl methyl sites for hydroxylation is 2. The van der Waals surface area contributed by atoms with Crippen molar-refractivity contribution >= 4 is 32.6 Å². The second-order valence-electron chi connectivity index (χ2n) is 6.65. The Morgan fingerprint density at radius 1 is 1.14 bits per heavy atom. The quantitative estimate of drug-likeness (QED) is 0.475. The fourth-order valence-electron chi connectivity index (χ4n) is 3.03. The van der Waals surface area contributed by atoms with Gasteiger partial charge in [-0.15, -0.1) is 0 Å². The predicted octanol–water partition coefficient (Wildman–Crippen LogP) is 5.29. The molecule has 2 aromatic carbocycles. The molecule has 4 nitrogen and oxygen atoms in total. The molecule has 1 amide bonds. The van der Waals surface area contributed by atoms with E-state index >= 15 is 0 Å². The highest BCUT2D eigenvalue weighted by Crippen LogP contribution is 2.32. The Kier molecular flexibility index (Phi) is 4.88. The molecule has 0 aliphatic carbocycles. The van der Waals surface area contributed by atoms with Gasteiger partial charge in [-0.25, -0.2) is 9.37 Å². The summed E-state index contributed by atoms with van der Waals surface area (Å²) in [6.07, 6.45) is 3.41. The van der Waals surface area contributed by atoms with Crippen molar-refractivity contribution in [2.24, 2.45) is 0 Å². The van der Waals surface area contributed by atoms with E-state index in [1.807, 2.05) is 50.2 Å². The van der Waals surface area contributed by atoms with Crippen LogP contribution in [0, 0.1) is 19.7 Å². The van der Waals surface area contributed by atoms with Crippen molar-refractivity contribution in [3.8, 4) is 0 Å². The van der Waals surface area contributed by atoms with Gasteiger partial charge in [0.05, 0.1) is 11.2 Å². The largest absolute Gasteiger partial charge is 0.279 e. The molecule has 2 heterocycles. The molecule has 4 rings (SSSR count). The van der Waals surface area contributed by atoms with E-state index in [0.29, 0.717) is 21.9 Å². The van der Waals surface area contributed by atoms with Gasteiger partial charge in [-0.2, -0.15) is 0 Å². The third-order valence-electron chi connectivity index (χ3n) is 4.52. The topological polar surface area (TPSA) is 46.1 Å². The van der Waals surface area contributed by atoms with Crippen LogP contribution in [0.25, 0.3) is 10.2 Å². The maximum atomic E-state index is 14.2. The summed E-state index contributed by atoms with van der Waals surface area (Å²) in [6.45, 7) is 4.17. The number of amides is 1. The summed E-state index contributed by atoms with van der Waals surface area (Å²) < 4.78 is 14.9. The Bertz CT molecular complexity index is 1160. The van der Waals surface area contributed by atoms with Gasteiger partial charge >= 0.3 is 0 Å². The van der Waals surface area contributed by atoms with Gasteiger partial charge in [0.15, 0.2) is 5.13 Å². The number of anilines is 1. The Morgan fingerprint density at radius 2 is 2.00 bits per heavy atom. The summed E-state index contributed by atoms with van der Waals surface area (Å²) >= 11 is 1.31. The van der Waals surface area contributed by atoms with Gasteiger partial charge in [0.2, 0.25) is 0 Å². The van der Waals surface area contributed by atoms with Crippen molar-refractivity contribution in [3.05, 3.63) is 89.0 Å². The average molecular weight is 391 g/mol. The van der Waals surface area contributed by atoms with Crippen LogP contribution in [0.15, 0.2) is 60.9 Å². The van der Waals surface area contributed by atoms with Gasteiger partial charge in [0.25, 0.3) is 5.91 Å². The number of pyridine rings is 1. The van der Waals surface area contributed by atoms with Crippen molar-refractivity contribution < 1.29 is 9.18 Å². The van der Waals surface area contributed by atoms with E-state index in [1.54, 1.807) is 23.4 Å². The first-order chi connectivity index (χ1) is 13.5. The molecule has 0 bridgehead atoms. The molecule has 0 spiro atoms. The van der Waals surface area contributed by atoms with E-state index < -0.39 is 0 Å². The van der Waals surface area contributed by atoms with Crippen LogP contribution >= 0.6 is 11.3 Å². The number of para-hydroxylation sites is 1. The van der Waals surface area contributed by atoms with Gasteiger partial charge in [-0.05, 0) is 49.2 Å². The number of carbonyl (C=O) groups excluding carboxylic acids is 1. The van der Waals surface area contributed by atoms with Gasteiger partial charge in [0, 0.05) is 18.0 Å². The zero-order valence-electron chi connectivity index (χ0n) is 15.5. The number of fused-ring (bicyclic) bond motifs is 1. The maximum absolute atomic E-state index is 14.2. The molecule has 0 saturated carbocycles. The van der Waals surface area contributed by atoms with Crippen molar-refractivity contribution in [2.45, 2.75) is 20.4 Å². The van der Waals surface area contributed by atoms with Crippen LogP contribution in [0.3, 0.4) is 0 Å². The molecule has 4 aromatic rings. The van der Waals surface area contributed by atoms with E-state index in [0.717, 1.165) is 16.7 Å². The molecule has 28 heavy (non-hydrogen) atoms. The molecule has 0 fully saturated rings. The van der Waals surface area contributed by atoms with Gasteiger partial charge < -0.3 is 0 Å². The molecule has 0 aliphatic heterocycles. The molecular weight excluding hydrogens is 373 g/mol. The molecule has 2 aromatic heterocycles. The molecule has 0 atom stereocenters. The highest BCUT2D eigenvalue weighted by Gasteiger charge is 2.24. The van der Waals surface area contributed by atoms with Crippen LogP contribution in [-0.2, 0) is 6.54 Å². The number of benzene rings is 2. The van der Waals surface area contributed by atoms with Crippen molar-refractivity contribution in [1.82, 2.24) is 9.97 Å². The van der Waals surface area contributed by atoms with E-state index in [9.17, 15) is 9.18 Å². The summed E-state index contributed by atoms with van der Waals surface area (Å²) in [5.74, 6) is -0.551. The van der Waals surface area contributed by atoms with Crippen molar-refractivity contribution in [3.63, 3.8) is 0 Å². The predicted molar refractivity (Wildman–Crippen MR) is 110 cm³/mol. The lowest BCUT2D eigenvalue weighted by Crippen LogP contribution is -2.31.